The van der Waals surface area contributed by atoms with Crippen molar-refractivity contribution >= 4 is 8.32 Å². The van der Waals surface area contributed by atoms with Crippen LogP contribution in [0.15, 0.2) is 0 Å². The zero-order valence-corrected chi connectivity index (χ0v) is 14.3. The van der Waals surface area contributed by atoms with Crippen LogP contribution in [0.1, 0.15) is 46.5 Å². The molecular weight excluding hydrogens is 254 g/mol. The molecule has 1 N–H and O–H groups in total. The standard InChI is InChI=1S/C15H31NO2Si/c1-14(2,3)19(4,5)18-11-13-7-9-15(12-17)8-6-10-16(13)15/h13,17H,6-12H2,1-5H3/t13-,15-/m1/s1. The monoisotopic (exact) mass is 285 g/mol. The zero-order chi connectivity index (χ0) is 14.3. The maximum atomic E-state index is 9.73. The molecule has 2 aliphatic rings. The van der Waals surface area contributed by atoms with Gasteiger partial charge in [0.15, 0.2) is 8.32 Å². The second-order valence-corrected chi connectivity index (χ2v) is 12.8. The quantitative estimate of drug-likeness (QED) is 0.806. The minimum Gasteiger partial charge on any atom is -0.415 e. The molecule has 2 aliphatic heterocycles. The first-order valence-corrected chi connectivity index (χ1v) is 10.6. The Bertz CT molecular complexity index is 327. The Hall–Kier alpha value is 0.0969. The van der Waals surface area contributed by atoms with E-state index in [0.29, 0.717) is 12.6 Å². The molecular formula is C15H31NO2Si. The summed E-state index contributed by atoms with van der Waals surface area (Å²) in [5, 5.41) is 10.0. The van der Waals surface area contributed by atoms with Crippen LogP contribution in [0.4, 0.5) is 0 Å². The molecule has 0 aromatic rings. The lowest BCUT2D eigenvalue weighted by Crippen LogP contribution is -2.49. The van der Waals surface area contributed by atoms with Gasteiger partial charge in [-0.2, -0.15) is 0 Å². The van der Waals surface area contributed by atoms with Crippen LogP contribution in [0.5, 0.6) is 0 Å². The number of aliphatic hydroxyl groups is 1. The van der Waals surface area contributed by atoms with Gasteiger partial charge in [-0.3, -0.25) is 4.90 Å². The van der Waals surface area contributed by atoms with Gasteiger partial charge in [-0.1, -0.05) is 20.8 Å². The van der Waals surface area contributed by atoms with E-state index >= 15 is 0 Å². The fourth-order valence-corrected chi connectivity index (χ4v) is 4.37. The van der Waals surface area contributed by atoms with Crippen molar-refractivity contribution in [2.75, 3.05) is 19.8 Å². The van der Waals surface area contributed by atoms with Gasteiger partial charge in [0.05, 0.1) is 6.61 Å². The molecule has 4 heteroatoms. The highest BCUT2D eigenvalue weighted by Gasteiger charge is 2.49. The van der Waals surface area contributed by atoms with Crippen molar-refractivity contribution in [2.24, 2.45) is 0 Å². The van der Waals surface area contributed by atoms with Crippen molar-refractivity contribution in [3.8, 4) is 0 Å². The molecule has 0 unspecified atom stereocenters. The molecule has 2 saturated heterocycles. The smallest absolute Gasteiger partial charge is 0.192 e. The molecule has 2 heterocycles. The molecule has 19 heavy (non-hydrogen) atoms. The minimum atomic E-state index is -1.64. The first-order chi connectivity index (χ1) is 8.72. The molecule has 0 bridgehead atoms. The molecule has 0 saturated carbocycles. The number of nitrogens with zero attached hydrogens (tertiary/aromatic N) is 1. The van der Waals surface area contributed by atoms with E-state index in [0.717, 1.165) is 19.6 Å². The van der Waals surface area contributed by atoms with Crippen molar-refractivity contribution in [3.05, 3.63) is 0 Å². The summed E-state index contributed by atoms with van der Waals surface area (Å²) in [6, 6.07) is 0.531. The van der Waals surface area contributed by atoms with Crippen LogP contribution in [0.25, 0.3) is 0 Å². The van der Waals surface area contributed by atoms with Crippen molar-refractivity contribution in [1.82, 2.24) is 4.90 Å². The summed E-state index contributed by atoms with van der Waals surface area (Å²) in [6.07, 6.45) is 4.74. The average Bonchev–Trinajstić information content (AvgIpc) is 2.83. The van der Waals surface area contributed by atoms with Crippen molar-refractivity contribution in [3.63, 3.8) is 0 Å². The van der Waals surface area contributed by atoms with Crippen LogP contribution < -0.4 is 0 Å². The number of hydrogen-bond donors (Lipinski definition) is 1. The first kappa shape index (κ1) is 15.5. The molecule has 3 nitrogen and oxygen atoms in total. The lowest BCUT2D eigenvalue weighted by Gasteiger charge is -2.39. The summed E-state index contributed by atoms with van der Waals surface area (Å²) in [5.41, 5.74) is 0.0987. The van der Waals surface area contributed by atoms with Gasteiger partial charge in [0.25, 0.3) is 0 Å². The number of hydrogen-bond acceptors (Lipinski definition) is 3. The molecule has 2 rings (SSSR count). The predicted octanol–water partition coefficient (Wildman–Crippen LogP) is 3.00. The third kappa shape index (κ3) is 2.78. The minimum absolute atomic E-state index is 0.0987. The average molecular weight is 286 g/mol. The lowest BCUT2D eigenvalue weighted by atomic mass is 9.95. The highest BCUT2D eigenvalue weighted by atomic mass is 28.4. The van der Waals surface area contributed by atoms with Gasteiger partial charge >= 0.3 is 0 Å². The second-order valence-electron chi connectivity index (χ2n) is 7.94. The Labute approximate surface area is 119 Å². The Kier molecular flexibility index (Phi) is 4.18. The highest BCUT2D eigenvalue weighted by molar-refractivity contribution is 6.74. The molecule has 0 aromatic carbocycles. The summed E-state index contributed by atoms with van der Waals surface area (Å²) < 4.78 is 6.39. The van der Waals surface area contributed by atoms with E-state index in [1.807, 2.05) is 0 Å². The Morgan fingerprint density at radius 3 is 2.58 bits per heavy atom. The molecule has 0 aliphatic carbocycles. The van der Waals surface area contributed by atoms with Crippen LogP contribution in [0, 0.1) is 0 Å². The van der Waals surface area contributed by atoms with Gasteiger partial charge in [0, 0.05) is 18.2 Å². The first-order valence-electron chi connectivity index (χ1n) is 7.73. The maximum Gasteiger partial charge on any atom is 0.192 e. The van der Waals surface area contributed by atoms with Gasteiger partial charge in [-0.25, -0.2) is 0 Å². The summed E-state index contributed by atoms with van der Waals surface area (Å²) in [7, 11) is -1.64. The highest BCUT2D eigenvalue weighted by Crippen LogP contribution is 2.43. The molecule has 0 spiro atoms. The Balaban J connectivity index is 1.95. The number of rotatable bonds is 4. The van der Waals surface area contributed by atoms with Crippen LogP contribution in [-0.2, 0) is 4.43 Å². The van der Waals surface area contributed by atoms with Gasteiger partial charge in [-0.15, -0.1) is 0 Å². The molecule has 0 amide bonds. The van der Waals surface area contributed by atoms with Gasteiger partial charge < -0.3 is 9.53 Å². The molecule has 112 valence electrons. The van der Waals surface area contributed by atoms with Gasteiger partial charge in [-0.05, 0) is 50.4 Å². The topological polar surface area (TPSA) is 32.7 Å². The Morgan fingerprint density at radius 2 is 2.00 bits per heavy atom. The molecule has 0 aromatic heterocycles. The zero-order valence-electron chi connectivity index (χ0n) is 13.3. The summed E-state index contributed by atoms with van der Waals surface area (Å²) >= 11 is 0. The van der Waals surface area contributed by atoms with Crippen molar-refractivity contribution in [1.29, 1.82) is 0 Å². The Morgan fingerprint density at radius 1 is 1.32 bits per heavy atom. The third-order valence-corrected chi connectivity index (χ3v) is 10.3. The van der Waals surface area contributed by atoms with Gasteiger partial charge in [0.1, 0.15) is 0 Å². The predicted molar refractivity (Wildman–Crippen MR) is 81.9 cm³/mol. The van der Waals surface area contributed by atoms with Crippen molar-refractivity contribution in [2.45, 2.75) is 76.2 Å². The SMILES string of the molecule is CC(C)(C)[Si](C)(C)OC[C@H]1CC[C@@]2(CO)CCCN12. The number of fused-ring (bicyclic) bond motifs is 1. The largest absolute Gasteiger partial charge is 0.415 e. The van der Waals surface area contributed by atoms with E-state index in [1.54, 1.807) is 0 Å². The van der Waals surface area contributed by atoms with Gasteiger partial charge in [0.2, 0.25) is 0 Å². The van der Waals surface area contributed by atoms with Crippen LogP contribution in [-0.4, -0.2) is 49.7 Å². The van der Waals surface area contributed by atoms with E-state index in [-0.39, 0.29) is 10.6 Å². The van der Waals surface area contributed by atoms with Crippen LogP contribution in [0.2, 0.25) is 18.1 Å². The second kappa shape index (κ2) is 5.13. The van der Waals surface area contributed by atoms with E-state index in [2.05, 4.69) is 38.8 Å². The van der Waals surface area contributed by atoms with E-state index < -0.39 is 8.32 Å². The van der Waals surface area contributed by atoms with Crippen LogP contribution in [0.3, 0.4) is 0 Å². The summed E-state index contributed by atoms with van der Waals surface area (Å²) in [4.78, 5) is 2.54. The van der Waals surface area contributed by atoms with Crippen molar-refractivity contribution < 1.29 is 9.53 Å². The normalized spacial score (nSPS) is 32.8. The van der Waals surface area contributed by atoms with E-state index in [4.69, 9.17) is 4.43 Å². The maximum absolute atomic E-state index is 9.73. The van der Waals surface area contributed by atoms with E-state index in [1.165, 1.54) is 19.3 Å². The fourth-order valence-electron chi connectivity index (χ4n) is 3.33. The van der Waals surface area contributed by atoms with E-state index in [9.17, 15) is 5.11 Å². The number of aliphatic hydroxyl groups excluding tert-OH is 1. The molecule has 2 fully saturated rings. The third-order valence-electron chi connectivity index (χ3n) is 5.77. The summed E-state index contributed by atoms with van der Waals surface area (Å²) in [6.45, 7) is 13.9. The fraction of sp³-hybridized carbons (Fsp3) is 1.00. The lowest BCUT2D eigenvalue weighted by molar-refractivity contribution is 0.0607. The summed E-state index contributed by atoms with van der Waals surface area (Å²) in [5.74, 6) is 0. The van der Waals surface area contributed by atoms with Crippen LogP contribution >= 0.6 is 0 Å². The molecule has 0 radical (unpaired) electrons. The molecule has 2 atom stereocenters.